The van der Waals surface area contributed by atoms with Crippen LogP contribution in [-0.4, -0.2) is 12.6 Å². The summed E-state index contributed by atoms with van der Waals surface area (Å²) in [5.41, 5.74) is 2.70. The lowest BCUT2D eigenvalue weighted by Crippen LogP contribution is -2.35. The summed E-state index contributed by atoms with van der Waals surface area (Å²) in [5.74, 6) is 1.04. The van der Waals surface area contributed by atoms with Crippen molar-refractivity contribution in [2.75, 3.05) is 6.54 Å². The maximum Gasteiger partial charge on any atom is 0.123 e. The number of ether oxygens (including phenoxy) is 1. The van der Waals surface area contributed by atoms with Gasteiger partial charge in [0, 0.05) is 11.3 Å². The molecule has 0 fully saturated rings. The molecule has 2 unspecified atom stereocenters. The summed E-state index contributed by atoms with van der Waals surface area (Å²) in [5, 5.41) is 5.75. The largest absolute Gasteiger partial charge is 0.488 e. The highest BCUT2D eigenvalue weighted by Crippen LogP contribution is 2.35. The fourth-order valence-electron chi connectivity index (χ4n) is 2.77. The van der Waals surface area contributed by atoms with Crippen LogP contribution < -0.4 is 10.1 Å². The van der Waals surface area contributed by atoms with E-state index in [4.69, 9.17) is 4.74 Å². The van der Waals surface area contributed by atoms with E-state index in [0.717, 1.165) is 18.7 Å². The standard InChI is InChI=1S/C16H19NOS/c1-3-17-16(13-8-9-19-11(13)2)15-10-12-6-4-5-7-14(12)18-15/h4-9,15-17H,3,10H2,1-2H3. The number of thiophene rings is 1. The van der Waals surface area contributed by atoms with Gasteiger partial charge >= 0.3 is 0 Å². The molecule has 3 heteroatoms. The van der Waals surface area contributed by atoms with E-state index in [1.54, 1.807) is 11.3 Å². The molecule has 2 heterocycles. The summed E-state index contributed by atoms with van der Waals surface area (Å²) in [7, 11) is 0. The first kappa shape index (κ1) is 12.7. The van der Waals surface area contributed by atoms with E-state index in [1.165, 1.54) is 16.0 Å². The van der Waals surface area contributed by atoms with Gasteiger partial charge in [0.15, 0.2) is 0 Å². The normalized spacial score (nSPS) is 18.9. The summed E-state index contributed by atoms with van der Waals surface area (Å²) in [6.07, 6.45) is 1.19. The summed E-state index contributed by atoms with van der Waals surface area (Å²) in [6, 6.07) is 10.9. The number of likely N-dealkylation sites (N-methyl/N-ethyl adjacent to an activating group) is 1. The van der Waals surface area contributed by atoms with E-state index in [2.05, 4.69) is 48.8 Å². The number of para-hydroxylation sites is 1. The van der Waals surface area contributed by atoms with Gasteiger partial charge in [0.25, 0.3) is 0 Å². The molecule has 0 bridgehead atoms. The van der Waals surface area contributed by atoms with Crippen molar-refractivity contribution in [3.63, 3.8) is 0 Å². The molecule has 3 rings (SSSR count). The van der Waals surface area contributed by atoms with Crippen LogP contribution in [0.3, 0.4) is 0 Å². The molecule has 0 radical (unpaired) electrons. The molecule has 2 nitrogen and oxygen atoms in total. The molecular weight excluding hydrogens is 254 g/mol. The first-order chi connectivity index (χ1) is 9.29. The lowest BCUT2D eigenvalue weighted by atomic mass is 9.98. The molecule has 19 heavy (non-hydrogen) atoms. The van der Waals surface area contributed by atoms with Crippen molar-refractivity contribution in [3.05, 3.63) is 51.7 Å². The third-order valence-corrected chi connectivity index (χ3v) is 4.56. The van der Waals surface area contributed by atoms with E-state index in [1.807, 2.05) is 6.07 Å². The highest BCUT2D eigenvalue weighted by molar-refractivity contribution is 7.10. The molecule has 0 spiro atoms. The number of nitrogens with one attached hydrogen (secondary N) is 1. The van der Waals surface area contributed by atoms with Crippen LogP contribution in [0, 0.1) is 6.92 Å². The van der Waals surface area contributed by atoms with Gasteiger partial charge < -0.3 is 10.1 Å². The predicted octanol–water partition coefficient (Wildman–Crippen LogP) is 3.71. The maximum absolute atomic E-state index is 6.14. The number of hydrogen-bond acceptors (Lipinski definition) is 3. The van der Waals surface area contributed by atoms with Gasteiger partial charge in [-0.15, -0.1) is 11.3 Å². The van der Waals surface area contributed by atoms with Crippen LogP contribution >= 0.6 is 11.3 Å². The quantitative estimate of drug-likeness (QED) is 0.917. The van der Waals surface area contributed by atoms with Crippen LogP contribution in [0.5, 0.6) is 5.75 Å². The molecule has 0 aliphatic carbocycles. The molecular formula is C16H19NOS. The van der Waals surface area contributed by atoms with Crippen molar-refractivity contribution in [2.24, 2.45) is 0 Å². The third kappa shape index (κ3) is 2.40. The molecule has 2 atom stereocenters. The van der Waals surface area contributed by atoms with Crippen molar-refractivity contribution in [2.45, 2.75) is 32.4 Å². The summed E-state index contributed by atoms with van der Waals surface area (Å²) < 4.78 is 6.14. The molecule has 2 aromatic rings. The van der Waals surface area contributed by atoms with Crippen molar-refractivity contribution in [3.8, 4) is 5.75 Å². The van der Waals surface area contributed by atoms with Crippen molar-refractivity contribution in [1.82, 2.24) is 5.32 Å². The van der Waals surface area contributed by atoms with E-state index < -0.39 is 0 Å². The smallest absolute Gasteiger partial charge is 0.123 e. The van der Waals surface area contributed by atoms with E-state index in [-0.39, 0.29) is 12.1 Å². The number of hydrogen-bond donors (Lipinski definition) is 1. The van der Waals surface area contributed by atoms with Gasteiger partial charge in [0.2, 0.25) is 0 Å². The molecule has 0 amide bonds. The van der Waals surface area contributed by atoms with E-state index in [0.29, 0.717) is 0 Å². The van der Waals surface area contributed by atoms with E-state index >= 15 is 0 Å². The second-order valence-electron chi connectivity index (χ2n) is 4.94. The van der Waals surface area contributed by atoms with Gasteiger partial charge in [-0.1, -0.05) is 25.1 Å². The monoisotopic (exact) mass is 273 g/mol. The van der Waals surface area contributed by atoms with Crippen LogP contribution in [0.4, 0.5) is 0 Å². The zero-order valence-corrected chi connectivity index (χ0v) is 12.2. The Morgan fingerprint density at radius 2 is 2.21 bits per heavy atom. The van der Waals surface area contributed by atoms with Crippen LogP contribution in [0.1, 0.15) is 29.0 Å². The topological polar surface area (TPSA) is 21.3 Å². The molecule has 100 valence electrons. The predicted molar refractivity (Wildman–Crippen MR) is 80.0 cm³/mol. The Bertz CT molecular complexity index is 538. The maximum atomic E-state index is 6.14. The van der Waals surface area contributed by atoms with Crippen LogP contribution in [0.15, 0.2) is 35.7 Å². The first-order valence-electron chi connectivity index (χ1n) is 6.81. The van der Waals surface area contributed by atoms with Gasteiger partial charge in [0.05, 0.1) is 6.04 Å². The second-order valence-corrected chi connectivity index (χ2v) is 6.06. The Kier molecular flexibility index (Phi) is 3.58. The number of fused-ring (bicyclic) bond motifs is 1. The average molecular weight is 273 g/mol. The van der Waals surface area contributed by atoms with Gasteiger partial charge in [-0.25, -0.2) is 0 Å². The zero-order chi connectivity index (χ0) is 13.2. The first-order valence-corrected chi connectivity index (χ1v) is 7.69. The van der Waals surface area contributed by atoms with Gasteiger partial charge in [-0.3, -0.25) is 0 Å². The second kappa shape index (κ2) is 5.35. The third-order valence-electron chi connectivity index (χ3n) is 3.70. The molecule has 0 saturated carbocycles. The molecule has 1 N–H and O–H groups in total. The minimum absolute atomic E-state index is 0.200. The number of benzene rings is 1. The minimum atomic E-state index is 0.200. The molecule has 1 aliphatic rings. The molecule has 1 aliphatic heterocycles. The van der Waals surface area contributed by atoms with Crippen LogP contribution in [0.25, 0.3) is 0 Å². The van der Waals surface area contributed by atoms with Gasteiger partial charge in [-0.05, 0) is 42.1 Å². The SMILES string of the molecule is CCNC(c1ccsc1C)C1Cc2ccccc2O1. The lowest BCUT2D eigenvalue weighted by molar-refractivity contribution is 0.179. The van der Waals surface area contributed by atoms with Crippen molar-refractivity contribution < 1.29 is 4.74 Å². The van der Waals surface area contributed by atoms with Crippen molar-refractivity contribution in [1.29, 1.82) is 0 Å². The van der Waals surface area contributed by atoms with E-state index in [9.17, 15) is 0 Å². The molecule has 0 saturated heterocycles. The Hall–Kier alpha value is -1.32. The Morgan fingerprint density at radius 3 is 2.89 bits per heavy atom. The Balaban J connectivity index is 1.86. The molecule has 1 aromatic carbocycles. The lowest BCUT2D eigenvalue weighted by Gasteiger charge is -2.24. The fraction of sp³-hybridized carbons (Fsp3) is 0.375. The van der Waals surface area contributed by atoms with Crippen molar-refractivity contribution >= 4 is 11.3 Å². The summed E-state index contributed by atoms with van der Waals surface area (Å²) >= 11 is 1.81. The number of aryl methyl sites for hydroxylation is 1. The summed E-state index contributed by atoms with van der Waals surface area (Å²) in [6.45, 7) is 5.29. The highest BCUT2D eigenvalue weighted by Gasteiger charge is 2.31. The zero-order valence-electron chi connectivity index (χ0n) is 11.3. The minimum Gasteiger partial charge on any atom is -0.488 e. The summed E-state index contributed by atoms with van der Waals surface area (Å²) in [4.78, 5) is 1.38. The average Bonchev–Trinajstić information content (AvgIpc) is 3.02. The van der Waals surface area contributed by atoms with Crippen LogP contribution in [-0.2, 0) is 6.42 Å². The fourth-order valence-corrected chi connectivity index (χ4v) is 3.52. The molecule has 1 aromatic heterocycles. The Morgan fingerprint density at radius 1 is 1.37 bits per heavy atom. The van der Waals surface area contributed by atoms with Gasteiger partial charge in [0.1, 0.15) is 11.9 Å². The highest BCUT2D eigenvalue weighted by atomic mass is 32.1. The van der Waals surface area contributed by atoms with Crippen LogP contribution in [0.2, 0.25) is 0 Å². The van der Waals surface area contributed by atoms with Gasteiger partial charge in [-0.2, -0.15) is 0 Å². The number of rotatable bonds is 4. The Labute approximate surface area is 118 Å².